The van der Waals surface area contributed by atoms with Crippen LogP contribution >= 0.6 is 11.6 Å². The van der Waals surface area contributed by atoms with Crippen LogP contribution in [0.5, 0.6) is 0 Å². The number of benzene rings is 1. The topological polar surface area (TPSA) is 43.1 Å². The molecule has 1 fully saturated rings. The highest BCUT2D eigenvalue weighted by molar-refractivity contribution is 6.34. The van der Waals surface area contributed by atoms with Gasteiger partial charge in [0.2, 0.25) is 0 Å². The summed E-state index contributed by atoms with van der Waals surface area (Å²) in [6, 6.07) is 5.16. The molecule has 0 radical (unpaired) electrons. The first-order valence-corrected chi connectivity index (χ1v) is 6.89. The molecule has 98 valence electrons. The molecular weight excluding hydrogens is 246 g/mol. The highest BCUT2D eigenvalue weighted by Crippen LogP contribution is 2.42. The third-order valence-corrected chi connectivity index (χ3v) is 4.40. The molecule has 0 bridgehead atoms. The van der Waals surface area contributed by atoms with Crippen LogP contribution in [0.4, 0.5) is 5.69 Å². The van der Waals surface area contributed by atoms with Crippen LogP contribution < -0.4 is 5.73 Å². The Morgan fingerprint density at radius 1 is 1.39 bits per heavy atom. The summed E-state index contributed by atoms with van der Waals surface area (Å²) in [5.74, 6) is 0.247. The van der Waals surface area contributed by atoms with Crippen LogP contribution in [0.15, 0.2) is 18.2 Å². The van der Waals surface area contributed by atoms with E-state index in [0.717, 1.165) is 19.3 Å². The fraction of sp³-hybridized carbons (Fsp3) is 0.533. The minimum Gasteiger partial charge on any atom is -0.399 e. The third-order valence-electron chi connectivity index (χ3n) is 4.08. The number of ketones is 1. The van der Waals surface area contributed by atoms with Crippen LogP contribution in [0.25, 0.3) is 0 Å². The molecule has 1 unspecified atom stereocenters. The van der Waals surface area contributed by atoms with Crippen molar-refractivity contribution < 1.29 is 4.79 Å². The number of hydrogen-bond acceptors (Lipinski definition) is 2. The number of anilines is 1. The largest absolute Gasteiger partial charge is 0.399 e. The quantitative estimate of drug-likeness (QED) is 0.639. The Morgan fingerprint density at radius 2 is 2.11 bits per heavy atom. The summed E-state index contributed by atoms with van der Waals surface area (Å²) in [6.45, 7) is 4.36. The zero-order chi connectivity index (χ0) is 13.3. The Balaban J connectivity index is 2.30. The number of Topliss-reactive ketones (excluding diaryl/α,β-unsaturated/α-hetero) is 1. The van der Waals surface area contributed by atoms with E-state index in [1.807, 2.05) is 0 Å². The van der Waals surface area contributed by atoms with Gasteiger partial charge in [-0.05, 0) is 36.5 Å². The summed E-state index contributed by atoms with van der Waals surface area (Å²) < 4.78 is 0. The van der Waals surface area contributed by atoms with Gasteiger partial charge in [-0.2, -0.15) is 0 Å². The molecule has 0 heterocycles. The van der Waals surface area contributed by atoms with Gasteiger partial charge in [0.05, 0.1) is 5.02 Å². The smallest absolute Gasteiger partial charge is 0.167 e. The molecule has 18 heavy (non-hydrogen) atoms. The van der Waals surface area contributed by atoms with Crippen LogP contribution in [0.3, 0.4) is 0 Å². The monoisotopic (exact) mass is 265 g/mol. The summed E-state index contributed by atoms with van der Waals surface area (Å²) in [5, 5.41) is 0.473. The number of carbonyl (C=O) groups is 1. The molecule has 0 aromatic heterocycles. The zero-order valence-electron chi connectivity index (χ0n) is 11.0. The van der Waals surface area contributed by atoms with E-state index in [9.17, 15) is 4.79 Å². The third kappa shape index (κ3) is 2.54. The van der Waals surface area contributed by atoms with Crippen LogP contribution in [0.1, 0.15) is 49.9 Å². The molecule has 0 spiro atoms. The number of halogens is 1. The summed E-state index contributed by atoms with van der Waals surface area (Å²) >= 11 is 6.14. The van der Waals surface area contributed by atoms with Crippen molar-refractivity contribution >= 4 is 23.1 Å². The first-order chi connectivity index (χ1) is 8.42. The number of hydrogen-bond donors (Lipinski definition) is 1. The van der Waals surface area contributed by atoms with Gasteiger partial charge in [0.15, 0.2) is 5.78 Å². The van der Waals surface area contributed by atoms with E-state index in [2.05, 4.69) is 13.8 Å². The molecule has 2 rings (SSSR count). The second kappa shape index (κ2) is 4.93. The summed E-state index contributed by atoms with van der Waals surface area (Å²) in [6.07, 6.45) is 4.42. The molecule has 0 saturated heterocycles. The average molecular weight is 266 g/mol. The van der Waals surface area contributed by atoms with E-state index in [1.165, 1.54) is 6.42 Å². The maximum Gasteiger partial charge on any atom is 0.167 e. The van der Waals surface area contributed by atoms with Crippen molar-refractivity contribution in [1.29, 1.82) is 0 Å². The molecule has 2 nitrogen and oxygen atoms in total. The molecule has 0 amide bonds. The molecule has 0 aliphatic heterocycles. The highest BCUT2D eigenvalue weighted by atomic mass is 35.5. The van der Waals surface area contributed by atoms with Crippen molar-refractivity contribution in [3.8, 4) is 0 Å². The lowest BCUT2D eigenvalue weighted by Crippen LogP contribution is -2.34. The van der Waals surface area contributed by atoms with E-state index < -0.39 is 0 Å². The fourth-order valence-electron chi connectivity index (χ4n) is 2.90. The van der Waals surface area contributed by atoms with E-state index in [0.29, 0.717) is 16.3 Å². The Bertz CT molecular complexity index is 468. The van der Waals surface area contributed by atoms with E-state index in [1.54, 1.807) is 18.2 Å². The van der Waals surface area contributed by atoms with Crippen LogP contribution in [-0.4, -0.2) is 5.78 Å². The Hall–Kier alpha value is -1.02. The summed E-state index contributed by atoms with van der Waals surface area (Å²) in [7, 11) is 0. The van der Waals surface area contributed by atoms with E-state index >= 15 is 0 Å². The maximum absolute atomic E-state index is 12.6. The van der Waals surface area contributed by atoms with Crippen LogP contribution in [0.2, 0.25) is 5.02 Å². The lowest BCUT2D eigenvalue weighted by Gasteiger charge is -2.37. The number of nitrogen functional groups attached to an aromatic ring is 1. The standard InChI is InChI=1S/C15H20ClNO/c1-15(2)8-4-3-5-12(15)14(18)11-7-6-10(17)9-13(11)16/h6-7,9,12H,3-5,8,17H2,1-2H3. The highest BCUT2D eigenvalue weighted by Gasteiger charge is 2.37. The van der Waals surface area contributed by atoms with Gasteiger partial charge < -0.3 is 5.73 Å². The van der Waals surface area contributed by atoms with Crippen molar-refractivity contribution in [2.45, 2.75) is 39.5 Å². The van der Waals surface area contributed by atoms with Crippen molar-refractivity contribution in [2.24, 2.45) is 11.3 Å². The van der Waals surface area contributed by atoms with Gasteiger partial charge in [-0.1, -0.05) is 38.3 Å². The fourth-order valence-corrected chi connectivity index (χ4v) is 3.18. The second-order valence-corrected chi connectivity index (χ2v) is 6.30. The van der Waals surface area contributed by atoms with Gasteiger partial charge in [-0.25, -0.2) is 0 Å². The van der Waals surface area contributed by atoms with E-state index in [-0.39, 0.29) is 17.1 Å². The Morgan fingerprint density at radius 3 is 2.72 bits per heavy atom. The van der Waals surface area contributed by atoms with Gasteiger partial charge in [0.1, 0.15) is 0 Å². The van der Waals surface area contributed by atoms with Crippen LogP contribution in [-0.2, 0) is 0 Å². The number of rotatable bonds is 2. The summed E-state index contributed by atoms with van der Waals surface area (Å²) in [4.78, 5) is 12.6. The molecule has 1 saturated carbocycles. The first-order valence-electron chi connectivity index (χ1n) is 6.51. The normalized spacial score (nSPS) is 22.7. The van der Waals surface area contributed by atoms with Crippen molar-refractivity contribution in [1.82, 2.24) is 0 Å². The number of carbonyl (C=O) groups excluding carboxylic acids is 1. The van der Waals surface area contributed by atoms with Crippen molar-refractivity contribution in [2.75, 3.05) is 5.73 Å². The average Bonchev–Trinajstić information content (AvgIpc) is 2.27. The SMILES string of the molecule is CC1(C)CCCCC1C(=O)c1ccc(N)cc1Cl. The molecular formula is C15H20ClNO. The maximum atomic E-state index is 12.6. The molecule has 1 aliphatic carbocycles. The molecule has 1 aromatic rings. The Kier molecular flexibility index (Phi) is 3.67. The molecule has 3 heteroatoms. The lowest BCUT2D eigenvalue weighted by atomic mass is 9.66. The zero-order valence-corrected chi connectivity index (χ0v) is 11.8. The minimum absolute atomic E-state index is 0.0695. The first kappa shape index (κ1) is 13.4. The predicted octanol–water partition coefficient (Wildman–Crippen LogP) is 4.32. The minimum atomic E-state index is 0.0695. The van der Waals surface area contributed by atoms with Crippen molar-refractivity contribution in [3.63, 3.8) is 0 Å². The molecule has 2 N–H and O–H groups in total. The van der Waals surface area contributed by atoms with E-state index in [4.69, 9.17) is 17.3 Å². The van der Waals surface area contributed by atoms with Crippen LogP contribution in [0, 0.1) is 11.3 Å². The second-order valence-electron chi connectivity index (χ2n) is 5.89. The van der Waals surface area contributed by atoms with Gasteiger partial charge in [-0.3, -0.25) is 4.79 Å². The van der Waals surface area contributed by atoms with Gasteiger partial charge in [0.25, 0.3) is 0 Å². The predicted molar refractivity (Wildman–Crippen MR) is 75.9 cm³/mol. The van der Waals surface area contributed by atoms with Crippen molar-refractivity contribution in [3.05, 3.63) is 28.8 Å². The van der Waals surface area contributed by atoms with Gasteiger partial charge in [0, 0.05) is 17.2 Å². The number of nitrogens with two attached hydrogens (primary N) is 1. The molecule has 1 aliphatic rings. The molecule has 1 aromatic carbocycles. The molecule has 1 atom stereocenters. The lowest BCUT2D eigenvalue weighted by molar-refractivity contribution is 0.0697. The van der Waals surface area contributed by atoms with Gasteiger partial charge in [-0.15, -0.1) is 0 Å². The summed E-state index contributed by atoms with van der Waals surface area (Å²) in [5.41, 5.74) is 6.95. The van der Waals surface area contributed by atoms with Gasteiger partial charge >= 0.3 is 0 Å². The Labute approximate surface area is 114 Å².